The summed E-state index contributed by atoms with van der Waals surface area (Å²) in [5, 5.41) is 7.92. The van der Waals surface area contributed by atoms with Gasteiger partial charge in [-0.3, -0.25) is 4.68 Å². The molecule has 2 heterocycles. The normalized spacial score (nSPS) is 22.0. The molecule has 102 valence electrons. The highest BCUT2D eigenvalue weighted by Gasteiger charge is 2.21. The van der Waals surface area contributed by atoms with E-state index in [9.17, 15) is 0 Å². The van der Waals surface area contributed by atoms with Crippen molar-refractivity contribution in [3.05, 3.63) is 18.0 Å². The molecule has 0 saturated carbocycles. The molecule has 1 aromatic heterocycles. The van der Waals surface area contributed by atoms with Crippen LogP contribution in [0.1, 0.15) is 51.1 Å². The zero-order valence-corrected chi connectivity index (χ0v) is 11.6. The third kappa shape index (κ3) is 3.56. The van der Waals surface area contributed by atoms with E-state index in [4.69, 9.17) is 4.74 Å². The fourth-order valence-electron chi connectivity index (χ4n) is 2.57. The fourth-order valence-corrected chi connectivity index (χ4v) is 2.57. The largest absolute Gasteiger partial charge is 0.378 e. The Bertz CT molecular complexity index is 345. The number of nitrogens with zero attached hydrogens (tertiary/aromatic N) is 2. The molecule has 0 radical (unpaired) electrons. The van der Waals surface area contributed by atoms with Gasteiger partial charge in [0.2, 0.25) is 0 Å². The Morgan fingerprint density at radius 1 is 1.50 bits per heavy atom. The third-order valence-corrected chi connectivity index (χ3v) is 3.60. The summed E-state index contributed by atoms with van der Waals surface area (Å²) in [6, 6.07) is 0.374. The van der Waals surface area contributed by atoms with Gasteiger partial charge in [-0.15, -0.1) is 0 Å². The van der Waals surface area contributed by atoms with Crippen molar-refractivity contribution in [1.82, 2.24) is 15.1 Å². The summed E-state index contributed by atoms with van der Waals surface area (Å²) in [7, 11) is 0. The molecule has 2 rings (SSSR count). The average Bonchev–Trinajstić information content (AvgIpc) is 2.88. The van der Waals surface area contributed by atoms with Crippen LogP contribution in [0.25, 0.3) is 0 Å². The number of rotatable bonds is 6. The standard InChI is InChI=1S/C14H25N3O/c1-3-15-14(9-13-7-5-6-8-18-13)12-10-16-17(4-2)11-12/h10-11,13-15H,3-9H2,1-2H3. The highest BCUT2D eigenvalue weighted by atomic mass is 16.5. The lowest BCUT2D eigenvalue weighted by Gasteiger charge is -2.27. The van der Waals surface area contributed by atoms with Crippen LogP contribution in [-0.2, 0) is 11.3 Å². The van der Waals surface area contributed by atoms with E-state index in [0.717, 1.165) is 26.1 Å². The molecule has 0 aromatic carbocycles. The first-order valence-electron chi connectivity index (χ1n) is 7.20. The van der Waals surface area contributed by atoms with Crippen molar-refractivity contribution in [3.8, 4) is 0 Å². The predicted molar refractivity (Wildman–Crippen MR) is 72.5 cm³/mol. The van der Waals surface area contributed by atoms with Crippen molar-refractivity contribution in [1.29, 1.82) is 0 Å². The van der Waals surface area contributed by atoms with E-state index in [2.05, 4.69) is 30.5 Å². The maximum absolute atomic E-state index is 5.84. The number of ether oxygens (including phenoxy) is 1. The van der Waals surface area contributed by atoms with E-state index in [1.807, 2.05) is 10.9 Å². The number of aryl methyl sites for hydroxylation is 1. The minimum Gasteiger partial charge on any atom is -0.378 e. The van der Waals surface area contributed by atoms with Crippen LogP contribution in [0.2, 0.25) is 0 Å². The second-order valence-electron chi connectivity index (χ2n) is 4.96. The van der Waals surface area contributed by atoms with E-state index >= 15 is 0 Å². The van der Waals surface area contributed by atoms with Gasteiger partial charge in [0.25, 0.3) is 0 Å². The number of hydrogen-bond donors (Lipinski definition) is 1. The number of aromatic nitrogens is 2. The number of hydrogen-bond acceptors (Lipinski definition) is 3. The summed E-state index contributed by atoms with van der Waals surface area (Å²) in [4.78, 5) is 0. The molecule has 1 fully saturated rings. The first-order chi connectivity index (χ1) is 8.83. The van der Waals surface area contributed by atoms with Gasteiger partial charge in [-0.05, 0) is 39.2 Å². The lowest BCUT2D eigenvalue weighted by Crippen LogP contribution is -2.28. The number of nitrogens with one attached hydrogen (secondary N) is 1. The van der Waals surface area contributed by atoms with Crippen molar-refractivity contribution in [2.75, 3.05) is 13.2 Å². The van der Waals surface area contributed by atoms with Gasteiger partial charge in [0, 0.05) is 31.0 Å². The Labute approximate surface area is 110 Å². The van der Waals surface area contributed by atoms with Gasteiger partial charge in [0.15, 0.2) is 0 Å². The molecule has 4 nitrogen and oxygen atoms in total. The van der Waals surface area contributed by atoms with Crippen molar-refractivity contribution in [2.45, 2.75) is 58.2 Å². The van der Waals surface area contributed by atoms with Crippen LogP contribution in [-0.4, -0.2) is 29.0 Å². The molecule has 1 aliphatic rings. The molecular formula is C14H25N3O. The van der Waals surface area contributed by atoms with Gasteiger partial charge in [-0.2, -0.15) is 5.10 Å². The minimum absolute atomic E-state index is 0.374. The molecule has 1 aliphatic heterocycles. The van der Waals surface area contributed by atoms with Crippen molar-refractivity contribution in [2.24, 2.45) is 0 Å². The highest BCUT2D eigenvalue weighted by molar-refractivity contribution is 5.10. The lowest BCUT2D eigenvalue weighted by atomic mass is 9.98. The molecule has 0 aliphatic carbocycles. The minimum atomic E-state index is 0.374. The topological polar surface area (TPSA) is 39.1 Å². The Morgan fingerprint density at radius 2 is 2.39 bits per heavy atom. The smallest absolute Gasteiger partial charge is 0.0593 e. The molecule has 0 spiro atoms. The van der Waals surface area contributed by atoms with E-state index in [1.165, 1.54) is 24.8 Å². The van der Waals surface area contributed by atoms with Crippen LogP contribution in [0.15, 0.2) is 12.4 Å². The highest BCUT2D eigenvalue weighted by Crippen LogP contribution is 2.24. The van der Waals surface area contributed by atoms with E-state index in [1.54, 1.807) is 0 Å². The molecule has 0 amide bonds. The van der Waals surface area contributed by atoms with Crippen molar-refractivity contribution < 1.29 is 4.74 Å². The summed E-state index contributed by atoms with van der Waals surface area (Å²) in [5.74, 6) is 0. The van der Waals surface area contributed by atoms with Gasteiger partial charge >= 0.3 is 0 Å². The van der Waals surface area contributed by atoms with Gasteiger partial charge < -0.3 is 10.1 Å². The molecular weight excluding hydrogens is 226 g/mol. The summed E-state index contributed by atoms with van der Waals surface area (Å²) in [6.07, 6.45) is 9.32. The average molecular weight is 251 g/mol. The quantitative estimate of drug-likeness (QED) is 0.844. The first-order valence-corrected chi connectivity index (χ1v) is 7.20. The summed E-state index contributed by atoms with van der Waals surface area (Å²) >= 11 is 0. The molecule has 1 N–H and O–H groups in total. The molecule has 0 bridgehead atoms. The molecule has 18 heavy (non-hydrogen) atoms. The van der Waals surface area contributed by atoms with Gasteiger partial charge in [-0.25, -0.2) is 0 Å². The van der Waals surface area contributed by atoms with Crippen LogP contribution in [0.4, 0.5) is 0 Å². The van der Waals surface area contributed by atoms with Crippen LogP contribution in [0.5, 0.6) is 0 Å². The maximum Gasteiger partial charge on any atom is 0.0593 e. The van der Waals surface area contributed by atoms with Crippen LogP contribution in [0.3, 0.4) is 0 Å². The van der Waals surface area contributed by atoms with E-state index < -0.39 is 0 Å². The zero-order valence-electron chi connectivity index (χ0n) is 11.6. The van der Waals surface area contributed by atoms with Gasteiger partial charge in [0.05, 0.1) is 12.3 Å². The summed E-state index contributed by atoms with van der Waals surface area (Å²) in [6.45, 7) is 7.10. The SMILES string of the molecule is CCNC(CC1CCCCO1)c1cnn(CC)c1. The van der Waals surface area contributed by atoms with Gasteiger partial charge in [-0.1, -0.05) is 6.92 Å². The molecule has 4 heteroatoms. The zero-order chi connectivity index (χ0) is 12.8. The monoisotopic (exact) mass is 251 g/mol. The van der Waals surface area contributed by atoms with Crippen LogP contribution in [0, 0.1) is 0 Å². The Kier molecular flexibility index (Phi) is 5.20. The Hall–Kier alpha value is -0.870. The summed E-state index contributed by atoms with van der Waals surface area (Å²) in [5.41, 5.74) is 1.29. The van der Waals surface area contributed by atoms with Crippen molar-refractivity contribution >= 4 is 0 Å². The van der Waals surface area contributed by atoms with Crippen LogP contribution >= 0.6 is 0 Å². The molecule has 1 saturated heterocycles. The third-order valence-electron chi connectivity index (χ3n) is 3.60. The van der Waals surface area contributed by atoms with Gasteiger partial charge in [0.1, 0.15) is 0 Å². The Balaban J connectivity index is 1.97. The van der Waals surface area contributed by atoms with Crippen LogP contribution < -0.4 is 5.32 Å². The summed E-state index contributed by atoms with van der Waals surface area (Å²) < 4.78 is 7.83. The second kappa shape index (κ2) is 6.90. The first kappa shape index (κ1) is 13.6. The lowest BCUT2D eigenvalue weighted by molar-refractivity contribution is 0.00513. The molecule has 2 atom stereocenters. The molecule has 2 unspecified atom stereocenters. The van der Waals surface area contributed by atoms with E-state index in [0.29, 0.717) is 12.1 Å². The maximum atomic E-state index is 5.84. The van der Waals surface area contributed by atoms with E-state index in [-0.39, 0.29) is 0 Å². The second-order valence-corrected chi connectivity index (χ2v) is 4.96. The fraction of sp³-hybridized carbons (Fsp3) is 0.786. The predicted octanol–water partition coefficient (Wildman–Crippen LogP) is 2.51. The van der Waals surface area contributed by atoms with Crippen molar-refractivity contribution in [3.63, 3.8) is 0 Å². The Morgan fingerprint density at radius 3 is 3.00 bits per heavy atom. The molecule has 1 aromatic rings.